The number of hydrogen-bond donors (Lipinski definition) is 2. The van der Waals surface area contributed by atoms with Crippen LogP contribution < -0.4 is 16.8 Å². The number of carbonyl (C=O) groups is 1. The monoisotopic (exact) mass is 263 g/mol. The predicted molar refractivity (Wildman–Crippen MR) is 72.8 cm³/mol. The van der Waals surface area contributed by atoms with Crippen LogP contribution in [0.5, 0.6) is 0 Å². The van der Waals surface area contributed by atoms with Crippen LogP contribution in [0.15, 0.2) is 27.4 Å². The van der Waals surface area contributed by atoms with Crippen LogP contribution in [-0.4, -0.2) is 16.5 Å². The third kappa shape index (κ3) is 2.96. The molecule has 6 heteroatoms. The second kappa shape index (κ2) is 5.17. The van der Waals surface area contributed by atoms with Crippen molar-refractivity contribution >= 4 is 22.7 Å². The van der Waals surface area contributed by atoms with Gasteiger partial charge >= 0.3 is 5.76 Å². The number of nitrogen functional groups attached to an aromatic ring is 1. The molecular formula is C13H17N3O3. The lowest BCUT2D eigenvalue weighted by Gasteiger charge is -2.08. The lowest BCUT2D eigenvalue weighted by Crippen LogP contribution is -2.31. The largest absolute Gasteiger partial charge is 0.419 e. The van der Waals surface area contributed by atoms with E-state index in [-0.39, 0.29) is 24.9 Å². The quantitative estimate of drug-likeness (QED) is 0.808. The van der Waals surface area contributed by atoms with Gasteiger partial charge in [0, 0.05) is 24.7 Å². The van der Waals surface area contributed by atoms with Gasteiger partial charge in [-0.2, -0.15) is 0 Å². The molecule has 2 aromatic rings. The maximum absolute atomic E-state index is 11.7. The number of carbonyl (C=O) groups excluding carboxylic acids is 1. The van der Waals surface area contributed by atoms with Crippen LogP contribution in [-0.2, 0) is 11.3 Å². The molecule has 19 heavy (non-hydrogen) atoms. The van der Waals surface area contributed by atoms with Crippen LogP contribution in [0.2, 0.25) is 0 Å². The van der Waals surface area contributed by atoms with E-state index in [2.05, 4.69) is 5.32 Å². The number of nitrogens with zero attached hydrogens (tertiary/aromatic N) is 1. The van der Waals surface area contributed by atoms with Crippen molar-refractivity contribution in [1.82, 2.24) is 9.88 Å². The van der Waals surface area contributed by atoms with Crippen molar-refractivity contribution in [2.75, 3.05) is 5.73 Å². The van der Waals surface area contributed by atoms with E-state index < -0.39 is 5.76 Å². The zero-order chi connectivity index (χ0) is 14.0. The Balaban J connectivity index is 2.21. The van der Waals surface area contributed by atoms with E-state index >= 15 is 0 Å². The van der Waals surface area contributed by atoms with Crippen LogP contribution in [0.3, 0.4) is 0 Å². The second-order valence-electron chi connectivity index (χ2n) is 4.72. The molecule has 1 aromatic heterocycles. The lowest BCUT2D eigenvalue weighted by molar-refractivity contribution is -0.121. The number of hydrogen-bond acceptors (Lipinski definition) is 4. The molecule has 0 fully saturated rings. The predicted octanol–water partition coefficient (Wildman–Crippen LogP) is 1.09. The Morgan fingerprint density at radius 2 is 2.21 bits per heavy atom. The van der Waals surface area contributed by atoms with E-state index in [1.54, 1.807) is 18.2 Å². The molecule has 0 unspecified atom stereocenters. The summed E-state index contributed by atoms with van der Waals surface area (Å²) >= 11 is 0. The summed E-state index contributed by atoms with van der Waals surface area (Å²) in [5.74, 6) is -0.571. The van der Waals surface area contributed by atoms with Crippen LogP contribution in [0.4, 0.5) is 5.69 Å². The molecule has 3 N–H and O–H groups in total. The lowest BCUT2D eigenvalue weighted by atomic mass is 10.3. The number of nitrogens with one attached hydrogen (secondary N) is 1. The van der Waals surface area contributed by atoms with Gasteiger partial charge in [0.2, 0.25) is 5.91 Å². The highest BCUT2D eigenvalue weighted by atomic mass is 16.4. The highest BCUT2D eigenvalue weighted by Gasteiger charge is 2.11. The molecule has 0 saturated carbocycles. The number of aromatic nitrogens is 1. The van der Waals surface area contributed by atoms with E-state index in [9.17, 15) is 9.59 Å². The minimum absolute atomic E-state index is 0.0842. The Hall–Kier alpha value is -2.24. The molecule has 0 bridgehead atoms. The molecule has 0 aliphatic heterocycles. The van der Waals surface area contributed by atoms with Crippen molar-refractivity contribution in [3.63, 3.8) is 0 Å². The van der Waals surface area contributed by atoms with Gasteiger partial charge in [-0.15, -0.1) is 0 Å². The zero-order valence-corrected chi connectivity index (χ0v) is 11.0. The van der Waals surface area contributed by atoms with Gasteiger partial charge in [-0.05, 0) is 32.0 Å². The van der Waals surface area contributed by atoms with Crippen LogP contribution >= 0.6 is 0 Å². The number of oxazole rings is 1. The van der Waals surface area contributed by atoms with Gasteiger partial charge < -0.3 is 15.5 Å². The first-order valence-corrected chi connectivity index (χ1v) is 6.15. The fourth-order valence-corrected chi connectivity index (χ4v) is 1.90. The van der Waals surface area contributed by atoms with Crippen molar-refractivity contribution in [2.45, 2.75) is 32.9 Å². The average molecular weight is 263 g/mol. The summed E-state index contributed by atoms with van der Waals surface area (Å²) in [6, 6.07) is 5.07. The highest BCUT2D eigenvalue weighted by molar-refractivity contribution is 5.78. The van der Waals surface area contributed by atoms with E-state index in [1.165, 1.54) is 4.57 Å². The molecule has 1 heterocycles. The minimum atomic E-state index is -0.474. The highest BCUT2D eigenvalue weighted by Crippen LogP contribution is 2.16. The summed E-state index contributed by atoms with van der Waals surface area (Å²) in [7, 11) is 0. The Labute approximate surface area is 110 Å². The van der Waals surface area contributed by atoms with Gasteiger partial charge in [0.15, 0.2) is 5.58 Å². The van der Waals surface area contributed by atoms with Crippen molar-refractivity contribution in [1.29, 1.82) is 0 Å². The molecule has 1 aromatic carbocycles. The standard InChI is InChI=1S/C13H17N3O3/c1-8(2)15-12(17)5-6-16-10-7-9(14)3-4-11(10)19-13(16)18/h3-4,7-8H,5-6,14H2,1-2H3,(H,15,17). The van der Waals surface area contributed by atoms with Gasteiger partial charge in [0.1, 0.15) is 0 Å². The number of nitrogens with two attached hydrogens (primary N) is 1. The van der Waals surface area contributed by atoms with Gasteiger partial charge in [-0.1, -0.05) is 0 Å². The Morgan fingerprint density at radius 1 is 1.47 bits per heavy atom. The number of rotatable bonds is 4. The number of anilines is 1. The van der Waals surface area contributed by atoms with Gasteiger partial charge in [-0.3, -0.25) is 9.36 Å². The fraction of sp³-hybridized carbons (Fsp3) is 0.385. The molecular weight excluding hydrogens is 246 g/mol. The molecule has 2 rings (SSSR count). The molecule has 6 nitrogen and oxygen atoms in total. The number of amides is 1. The molecule has 1 amide bonds. The maximum Gasteiger partial charge on any atom is 0.419 e. The minimum Gasteiger partial charge on any atom is -0.408 e. The first-order valence-electron chi connectivity index (χ1n) is 6.15. The van der Waals surface area contributed by atoms with Crippen LogP contribution in [0.1, 0.15) is 20.3 Å². The van der Waals surface area contributed by atoms with E-state index in [0.29, 0.717) is 16.8 Å². The summed E-state index contributed by atoms with van der Waals surface area (Å²) < 4.78 is 6.51. The topological polar surface area (TPSA) is 90.3 Å². The molecule has 102 valence electrons. The average Bonchev–Trinajstić information content (AvgIpc) is 2.61. The van der Waals surface area contributed by atoms with Crippen molar-refractivity contribution in [3.8, 4) is 0 Å². The summed E-state index contributed by atoms with van der Waals surface area (Å²) in [6.07, 6.45) is 0.224. The van der Waals surface area contributed by atoms with Gasteiger partial charge in [0.25, 0.3) is 0 Å². The van der Waals surface area contributed by atoms with Crippen molar-refractivity contribution < 1.29 is 9.21 Å². The molecule has 0 saturated heterocycles. The second-order valence-corrected chi connectivity index (χ2v) is 4.72. The van der Waals surface area contributed by atoms with Gasteiger partial charge in [0.05, 0.1) is 5.52 Å². The Bertz CT molecular complexity index is 655. The Kier molecular flexibility index (Phi) is 3.59. The molecule has 0 atom stereocenters. The third-order valence-electron chi connectivity index (χ3n) is 2.70. The van der Waals surface area contributed by atoms with Crippen molar-refractivity contribution in [3.05, 3.63) is 28.7 Å². The SMILES string of the molecule is CC(C)NC(=O)CCn1c(=O)oc2ccc(N)cc21. The smallest absolute Gasteiger partial charge is 0.408 e. The van der Waals surface area contributed by atoms with E-state index in [0.717, 1.165) is 0 Å². The molecule has 0 spiro atoms. The first kappa shape index (κ1) is 13.2. The van der Waals surface area contributed by atoms with Gasteiger partial charge in [-0.25, -0.2) is 4.79 Å². The number of benzene rings is 1. The summed E-state index contributed by atoms with van der Waals surface area (Å²) in [5, 5.41) is 2.77. The van der Waals surface area contributed by atoms with Crippen molar-refractivity contribution in [2.24, 2.45) is 0 Å². The van der Waals surface area contributed by atoms with Crippen LogP contribution in [0.25, 0.3) is 11.1 Å². The van der Waals surface area contributed by atoms with E-state index in [1.807, 2.05) is 13.8 Å². The summed E-state index contributed by atoms with van der Waals surface area (Å²) in [5.41, 5.74) is 7.33. The molecule has 0 aliphatic rings. The molecule has 0 aliphatic carbocycles. The van der Waals surface area contributed by atoms with Crippen LogP contribution in [0, 0.1) is 0 Å². The first-order chi connectivity index (χ1) is 8.97. The fourth-order valence-electron chi connectivity index (χ4n) is 1.90. The normalized spacial score (nSPS) is 11.1. The third-order valence-corrected chi connectivity index (χ3v) is 2.70. The van der Waals surface area contributed by atoms with E-state index in [4.69, 9.17) is 10.2 Å². The maximum atomic E-state index is 11.7. The zero-order valence-electron chi connectivity index (χ0n) is 11.0. The summed E-state index contributed by atoms with van der Waals surface area (Å²) in [6.45, 7) is 4.05. The number of fused-ring (bicyclic) bond motifs is 1. The number of aryl methyl sites for hydroxylation is 1. The Morgan fingerprint density at radius 3 is 2.89 bits per heavy atom. The summed E-state index contributed by atoms with van der Waals surface area (Å²) in [4.78, 5) is 23.3. The molecule has 0 radical (unpaired) electrons.